The van der Waals surface area contributed by atoms with Crippen LogP contribution in [0.25, 0.3) is 0 Å². The zero-order valence-corrected chi connectivity index (χ0v) is 13.4. The first-order valence-corrected chi connectivity index (χ1v) is 7.48. The largest absolute Gasteiger partial charge is 0.486 e. The van der Waals surface area contributed by atoms with Gasteiger partial charge in [-0.2, -0.15) is 0 Å². The summed E-state index contributed by atoms with van der Waals surface area (Å²) >= 11 is 6.28. The van der Waals surface area contributed by atoms with Gasteiger partial charge in [0.05, 0.1) is 10.7 Å². The van der Waals surface area contributed by atoms with Gasteiger partial charge < -0.3 is 10.1 Å². The van der Waals surface area contributed by atoms with E-state index in [0.29, 0.717) is 17.4 Å². The Kier molecular flexibility index (Phi) is 5.07. The molecule has 0 saturated carbocycles. The highest BCUT2D eigenvalue weighted by Gasteiger charge is 2.15. The first-order chi connectivity index (χ1) is 10.00. The number of nitrogens with one attached hydrogen (secondary N) is 1. The molecule has 112 valence electrons. The lowest BCUT2D eigenvalue weighted by Crippen LogP contribution is -2.29. The molecule has 4 heteroatoms. The second-order valence-corrected chi connectivity index (χ2v) is 6.02. The first kappa shape index (κ1) is 15.6. The van der Waals surface area contributed by atoms with Gasteiger partial charge in [-0.25, -0.2) is 0 Å². The maximum Gasteiger partial charge on any atom is 0.138 e. The molecule has 0 aliphatic heterocycles. The van der Waals surface area contributed by atoms with E-state index in [1.165, 1.54) is 0 Å². The lowest BCUT2D eigenvalue weighted by atomic mass is 10.0. The third-order valence-corrected chi connectivity index (χ3v) is 3.70. The van der Waals surface area contributed by atoms with Crippen molar-refractivity contribution in [1.82, 2.24) is 4.98 Å². The molecule has 21 heavy (non-hydrogen) atoms. The van der Waals surface area contributed by atoms with E-state index in [4.69, 9.17) is 16.3 Å². The molecule has 1 aromatic carbocycles. The van der Waals surface area contributed by atoms with Crippen LogP contribution in [0.4, 0.5) is 5.69 Å². The third kappa shape index (κ3) is 4.64. The molecule has 1 N–H and O–H groups in total. The van der Waals surface area contributed by atoms with Crippen LogP contribution in [0.5, 0.6) is 5.75 Å². The van der Waals surface area contributed by atoms with E-state index in [9.17, 15) is 0 Å². The van der Waals surface area contributed by atoms with E-state index in [1.54, 1.807) is 6.20 Å². The minimum Gasteiger partial charge on any atom is -0.486 e. The molecular formula is C17H21ClN2O. The van der Waals surface area contributed by atoms with Crippen LogP contribution in [-0.2, 0) is 6.61 Å². The average molecular weight is 305 g/mol. The highest BCUT2D eigenvalue weighted by molar-refractivity contribution is 6.32. The summed E-state index contributed by atoms with van der Waals surface area (Å²) in [5.74, 6) is 0.669. The maximum atomic E-state index is 6.28. The van der Waals surface area contributed by atoms with Crippen molar-refractivity contribution in [3.8, 4) is 5.75 Å². The first-order valence-electron chi connectivity index (χ1n) is 7.10. The quantitative estimate of drug-likeness (QED) is 0.823. The van der Waals surface area contributed by atoms with Crippen molar-refractivity contribution in [3.63, 3.8) is 0 Å². The number of anilines is 1. The van der Waals surface area contributed by atoms with E-state index in [2.05, 4.69) is 31.1 Å². The Labute approximate surface area is 131 Å². The van der Waals surface area contributed by atoms with Crippen LogP contribution in [0.15, 0.2) is 42.6 Å². The zero-order chi connectivity index (χ0) is 15.3. The van der Waals surface area contributed by atoms with E-state index in [0.717, 1.165) is 17.8 Å². The number of benzene rings is 1. The number of hydrogen-bond acceptors (Lipinski definition) is 3. The summed E-state index contributed by atoms with van der Waals surface area (Å²) in [6.07, 6.45) is 2.78. The van der Waals surface area contributed by atoms with Crippen molar-refractivity contribution < 1.29 is 4.74 Å². The smallest absolute Gasteiger partial charge is 0.138 e. The molecule has 1 aromatic heterocycles. The zero-order valence-electron chi connectivity index (χ0n) is 12.7. The second-order valence-electron chi connectivity index (χ2n) is 5.62. The molecule has 0 fully saturated rings. The van der Waals surface area contributed by atoms with E-state index < -0.39 is 0 Å². The summed E-state index contributed by atoms with van der Waals surface area (Å²) in [6.45, 7) is 6.88. The highest BCUT2D eigenvalue weighted by Crippen LogP contribution is 2.29. The molecule has 0 amide bonds. The minimum atomic E-state index is 0.0413. The number of pyridine rings is 1. The standard InChI is InChI=1S/C17H21ClN2O/c1-4-17(2,3)20-13-8-9-16(15(18)11-13)21-12-14-7-5-6-10-19-14/h5-11,20H,4,12H2,1-3H3. The number of halogens is 1. The van der Waals surface area contributed by atoms with Crippen LogP contribution < -0.4 is 10.1 Å². The van der Waals surface area contributed by atoms with Gasteiger partial charge >= 0.3 is 0 Å². The third-order valence-electron chi connectivity index (χ3n) is 3.40. The molecule has 0 aliphatic rings. The van der Waals surface area contributed by atoms with Gasteiger partial charge in [-0.05, 0) is 50.6 Å². The highest BCUT2D eigenvalue weighted by atomic mass is 35.5. The van der Waals surface area contributed by atoms with Crippen LogP contribution >= 0.6 is 11.6 Å². The predicted octanol–water partition coefficient (Wildman–Crippen LogP) is 4.91. The van der Waals surface area contributed by atoms with Crippen LogP contribution in [0.3, 0.4) is 0 Å². The topological polar surface area (TPSA) is 34.1 Å². The van der Waals surface area contributed by atoms with Crippen molar-refractivity contribution >= 4 is 17.3 Å². The van der Waals surface area contributed by atoms with Crippen LogP contribution in [0, 0.1) is 0 Å². The monoisotopic (exact) mass is 304 g/mol. The normalized spacial score (nSPS) is 11.2. The molecule has 0 saturated heterocycles. The number of rotatable bonds is 6. The van der Waals surface area contributed by atoms with Gasteiger partial charge in [0.2, 0.25) is 0 Å². The Bertz CT molecular complexity index is 585. The van der Waals surface area contributed by atoms with Crippen molar-refractivity contribution in [2.75, 3.05) is 5.32 Å². The van der Waals surface area contributed by atoms with Gasteiger partial charge in [-0.1, -0.05) is 24.6 Å². The van der Waals surface area contributed by atoms with Crippen molar-refractivity contribution in [1.29, 1.82) is 0 Å². The summed E-state index contributed by atoms with van der Waals surface area (Å²) in [5, 5.41) is 4.06. The molecule has 2 rings (SSSR count). The Morgan fingerprint density at radius 1 is 1.24 bits per heavy atom. The van der Waals surface area contributed by atoms with E-state index in [1.807, 2.05) is 36.4 Å². The van der Waals surface area contributed by atoms with Gasteiger partial charge in [0.25, 0.3) is 0 Å². The molecular weight excluding hydrogens is 284 g/mol. The van der Waals surface area contributed by atoms with Crippen LogP contribution in [0.2, 0.25) is 5.02 Å². The molecule has 0 aliphatic carbocycles. The minimum absolute atomic E-state index is 0.0413. The van der Waals surface area contributed by atoms with Gasteiger partial charge in [0.15, 0.2) is 0 Å². The van der Waals surface area contributed by atoms with Gasteiger partial charge in [-0.3, -0.25) is 4.98 Å². The molecule has 0 radical (unpaired) electrons. The van der Waals surface area contributed by atoms with Crippen molar-refractivity contribution in [3.05, 3.63) is 53.3 Å². The Balaban J connectivity index is 2.02. The Morgan fingerprint density at radius 3 is 2.67 bits per heavy atom. The number of hydrogen-bond donors (Lipinski definition) is 1. The van der Waals surface area contributed by atoms with Crippen LogP contribution in [0.1, 0.15) is 32.9 Å². The molecule has 3 nitrogen and oxygen atoms in total. The molecule has 2 aromatic rings. The molecule has 0 spiro atoms. The van der Waals surface area contributed by atoms with Crippen molar-refractivity contribution in [2.24, 2.45) is 0 Å². The molecule has 0 bridgehead atoms. The van der Waals surface area contributed by atoms with Gasteiger partial charge in [0, 0.05) is 17.4 Å². The van der Waals surface area contributed by atoms with Gasteiger partial charge in [0.1, 0.15) is 12.4 Å². The summed E-state index contributed by atoms with van der Waals surface area (Å²) in [5.41, 5.74) is 1.92. The van der Waals surface area contributed by atoms with E-state index in [-0.39, 0.29) is 5.54 Å². The number of aromatic nitrogens is 1. The van der Waals surface area contributed by atoms with Crippen molar-refractivity contribution in [2.45, 2.75) is 39.3 Å². The summed E-state index contributed by atoms with van der Waals surface area (Å²) in [7, 11) is 0. The SMILES string of the molecule is CCC(C)(C)Nc1ccc(OCc2ccccn2)c(Cl)c1. The average Bonchev–Trinajstić information content (AvgIpc) is 2.47. The maximum absolute atomic E-state index is 6.28. The fourth-order valence-corrected chi connectivity index (χ4v) is 2.05. The Hall–Kier alpha value is -1.74. The number of nitrogens with zero attached hydrogens (tertiary/aromatic N) is 1. The second kappa shape index (κ2) is 6.81. The lowest BCUT2D eigenvalue weighted by Gasteiger charge is -2.26. The fraction of sp³-hybridized carbons (Fsp3) is 0.353. The summed E-state index contributed by atoms with van der Waals surface area (Å²) in [6, 6.07) is 11.5. The number of ether oxygens (including phenoxy) is 1. The van der Waals surface area contributed by atoms with Crippen LogP contribution in [-0.4, -0.2) is 10.5 Å². The molecule has 1 heterocycles. The fourth-order valence-electron chi connectivity index (χ4n) is 1.81. The lowest BCUT2D eigenvalue weighted by molar-refractivity contribution is 0.301. The molecule has 0 atom stereocenters. The summed E-state index contributed by atoms with van der Waals surface area (Å²) in [4.78, 5) is 4.22. The predicted molar refractivity (Wildman–Crippen MR) is 88.0 cm³/mol. The Morgan fingerprint density at radius 2 is 2.05 bits per heavy atom. The summed E-state index contributed by atoms with van der Waals surface area (Å²) < 4.78 is 5.71. The van der Waals surface area contributed by atoms with Gasteiger partial charge in [-0.15, -0.1) is 0 Å². The van der Waals surface area contributed by atoms with E-state index >= 15 is 0 Å². The molecule has 0 unspecified atom stereocenters.